The first-order valence-electron chi connectivity index (χ1n) is 4.09. The van der Waals surface area contributed by atoms with E-state index in [1.165, 1.54) is 0 Å². The fourth-order valence-corrected chi connectivity index (χ4v) is 2.04. The van der Waals surface area contributed by atoms with Gasteiger partial charge in [0, 0.05) is 6.04 Å². The second kappa shape index (κ2) is 2.40. The lowest BCUT2D eigenvalue weighted by Gasteiger charge is -2.40. The van der Waals surface area contributed by atoms with Crippen LogP contribution in [0.15, 0.2) is 0 Å². The molecule has 2 rings (SSSR count). The highest BCUT2D eigenvalue weighted by Gasteiger charge is 2.55. The third kappa shape index (κ3) is 0.915. The molecule has 2 fully saturated rings. The maximum atomic E-state index is 9.65. The third-order valence-electron chi connectivity index (χ3n) is 2.85. The molecule has 0 spiro atoms. The maximum Gasteiger partial charge on any atom is 0.145 e. The predicted octanol–water partition coefficient (Wildman–Crippen LogP) is -2.48. The number of hydrogen-bond acceptors (Lipinski definition) is 5. The van der Waals surface area contributed by atoms with Crippen molar-refractivity contribution in [1.29, 1.82) is 0 Å². The second-order valence-electron chi connectivity index (χ2n) is 3.64. The number of aliphatic hydroxyl groups excluding tert-OH is 3. The summed E-state index contributed by atoms with van der Waals surface area (Å²) in [5, 5.41) is 40.4. The first-order valence-corrected chi connectivity index (χ1v) is 4.09. The lowest BCUT2D eigenvalue weighted by molar-refractivity contribution is -0.186. The molecule has 2 heterocycles. The summed E-state index contributed by atoms with van der Waals surface area (Å²) in [6.07, 6.45) is -2.59. The molecule has 2 aliphatic rings. The fraction of sp³-hybridized carbons (Fsp3) is 1.00. The van der Waals surface area contributed by atoms with Gasteiger partial charge in [-0.3, -0.25) is 5.32 Å². The van der Waals surface area contributed by atoms with E-state index in [2.05, 4.69) is 5.32 Å². The van der Waals surface area contributed by atoms with E-state index in [-0.39, 0.29) is 6.04 Å². The zero-order valence-electron chi connectivity index (χ0n) is 6.51. The van der Waals surface area contributed by atoms with Gasteiger partial charge in [0.1, 0.15) is 17.9 Å². The van der Waals surface area contributed by atoms with E-state index in [0.717, 1.165) is 0 Å². The molecule has 0 radical (unpaired) electrons. The average molecular weight is 175 g/mol. The minimum absolute atomic E-state index is 0.298. The van der Waals surface area contributed by atoms with E-state index >= 15 is 0 Å². The van der Waals surface area contributed by atoms with Crippen molar-refractivity contribution in [2.45, 2.75) is 42.9 Å². The van der Waals surface area contributed by atoms with E-state index in [4.69, 9.17) is 0 Å². The zero-order chi connectivity index (χ0) is 8.93. The summed E-state index contributed by atoms with van der Waals surface area (Å²) in [4.78, 5) is 0. The molecule has 5 N–H and O–H groups in total. The molecular formula is C7H13NO4. The van der Waals surface area contributed by atoms with Gasteiger partial charge in [0.05, 0.1) is 6.10 Å². The normalized spacial score (nSPS) is 59.0. The Bertz CT molecular complexity index is 200. The molecule has 0 amide bonds. The number of rotatable bonds is 0. The SMILES string of the molecule is OC1C2CCC(O)(N2)C(O)C1O. The minimum atomic E-state index is -1.40. The maximum absolute atomic E-state index is 9.65. The molecule has 5 heteroatoms. The molecule has 0 aromatic carbocycles. The lowest BCUT2D eigenvalue weighted by atomic mass is 9.94. The number of aliphatic hydroxyl groups is 4. The molecule has 5 atom stereocenters. The highest BCUT2D eigenvalue weighted by atomic mass is 16.4. The van der Waals surface area contributed by atoms with Crippen molar-refractivity contribution in [2.24, 2.45) is 0 Å². The van der Waals surface area contributed by atoms with Gasteiger partial charge >= 0.3 is 0 Å². The van der Waals surface area contributed by atoms with Crippen molar-refractivity contribution in [3.8, 4) is 0 Å². The van der Waals surface area contributed by atoms with Crippen molar-refractivity contribution in [3.63, 3.8) is 0 Å². The largest absolute Gasteiger partial charge is 0.389 e. The molecule has 70 valence electrons. The van der Waals surface area contributed by atoms with Crippen LogP contribution in [0, 0.1) is 0 Å². The van der Waals surface area contributed by atoms with Crippen molar-refractivity contribution in [1.82, 2.24) is 5.32 Å². The van der Waals surface area contributed by atoms with Crippen molar-refractivity contribution < 1.29 is 20.4 Å². The average Bonchev–Trinajstić information content (AvgIpc) is 2.41. The van der Waals surface area contributed by atoms with Crippen LogP contribution >= 0.6 is 0 Å². The number of piperidine rings is 1. The summed E-state index contributed by atoms with van der Waals surface area (Å²) in [6.45, 7) is 0. The first-order chi connectivity index (χ1) is 5.54. The Morgan fingerprint density at radius 1 is 1.17 bits per heavy atom. The zero-order valence-corrected chi connectivity index (χ0v) is 6.51. The highest BCUT2D eigenvalue weighted by Crippen LogP contribution is 2.34. The fourth-order valence-electron chi connectivity index (χ4n) is 2.04. The lowest BCUT2D eigenvalue weighted by Crippen LogP contribution is -2.67. The number of nitrogens with one attached hydrogen (secondary N) is 1. The van der Waals surface area contributed by atoms with E-state index in [9.17, 15) is 20.4 Å². The third-order valence-corrected chi connectivity index (χ3v) is 2.85. The van der Waals surface area contributed by atoms with Crippen LogP contribution < -0.4 is 5.32 Å². The summed E-state index contributed by atoms with van der Waals surface area (Å²) < 4.78 is 0. The van der Waals surface area contributed by atoms with Crippen LogP contribution in [0.4, 0.5) is 0 Å². The van der Waals surface area contributed by atoms with Gasteiger partial charge in [0.2, 0.25) is 0 Å². The standard InChI is InChI=1S/C7H13NO4/c9-4-3-1-2-7(12,8-3)6(11)5(4)10/h3-6,8-12H,1-2H2. The molecule has 0 aliphatic carbocycles. The van der Waals surface area contributed by atoms with Crippen LogP contribution in [0.25, 0.3) is 0 Å². The first kappa shape index (κ1) is 8.40. The van der Waals surface area contributed by atoms with E-state index in [1.807, 2.05) is 0 Å². The van der Waals surface area contributed by atoms with Crippen LogP contribution in [0.3, 0.4) is 0 Å². The van der Waals surface area contributed by atoms with Gasteiger partial charge in [-0.2, -0.15) is 0 Å². The van der Waals surface area contributed by atoms with Gasteiger partial charge < -0.3 is 20.4 Å². The second-order valence-corrected chi connectivity index (χ2v) is 3.64. The Hall–Kier alpha value is -0.200. The van der Waals surface area contributed by atoms with Crippen LogP contribution in [0.2, 0.25) is 0 Å². The van der Waals surface area contributed by atoms with E-state index < -0.39 is 24.0 Å². The minimum Gasteiger partial charge on any atom is -0.389 e. The molecule has 2 aliphatic heterocycles. The smallest absolute Gasteiger partial charge is 0.145 e. The molecule has 0 aromatic heterocycles. The summed E-state index contributed by atoms with van der Waals surface area (Å²) in [5.41, 5.74) is -1.40. The van der Waals surface area contributed by atoms with Crippen LogP contribution in [0.1, 0.15) is 12.8 Å². The van der Waals surface area contributed by atoms with Gasteiger partial charge in [0.25, 0.3) is 0 Å². The Kier molecular flexibility index (Phi) is 1.68. The monoisotopic (exact) mass is 175 g/mol. The topological polar surface area (TPSA) is 93.0 Å². The summed E-state index contributed by atoms with van der Waals surface area (Å²) >= 11 is 0. The summed E-state index contributed by atoms with van der Waals surface area (Å²) in [5.74, 6) is 0. The predicted molar refractivity (Wildman–Crippen MR) is 39.1 cm³/mol. The summed E-state index contributed by atoms with van der Waals surface area (Å²) in [6, 6.07) is -0.298. The molecule has 0 aromatic rings. The van der Waals surface area contributed by atoms with Crippen molar-refractivity contribution in [2.75, 3.05) is 0 Å². The van der Waals surface area contributed by atoms with Crippen molar-refractivity contribution in [3.05, 3.63) is 0 Å². The molecule has 0 saturated carbocycles. The van der Waals surface area contributed by atoms with E-state index in [1.54, 1.807) is 0 Å². The molecule has 5 unspecified atom stereocenters. The van der Waals surface area contributed by atoms with Gasteiger partial charge in [-0.05, 0) is 12.8 Å². The summed E-state index contributed by atoms with van der Waals surface area (Å²) in [7, 11) is 0. The van der Waals surface area contributed by atoms with Gasteiger partial charge in [0.15, 0.2) is 0 Å². The Labute approximate surface area is 69.6 Å². The highest BCUT2D eigenvalue weighted by molar-refractivity contribution is 5.07. The Morgan fingerprint density at radius 3 is 2.50 bits per heavy atom. The van der Waals surface area contributed by atoms with Gasteiger partial charge in [-0.15, -0.1) is 0 Å². The molecular weight excluding hydrogens is 162 g/mol. The van der Waals surface area contributed by atoms with E-state index in [0.29, 0.717) is 12.8 Å². The quantitative estimate of drug-likeness (QED) is 0.281. The van der Waals surface area contributed by atoms with Crippen LogP contribution in [-0.4, -0.2) is 50.5 Å². The van der Waals surface area contributed by atoms with Gasteiger partial charge in [-0.1, -0.05) is 0 Å². The Balaban J connectivity index is 2.25. The molecule has 2 saturated heterocycles. The van der Waals surface area contributed by atoms with Crippen LogP contribution in [0.5, 0.6) is 0 Å². The number of fused-ring (bicyclic) bond motifs is 2. The molecule has 2 bridgehead atoms. The van der Waals surface area contributed by atoms with Crippen LogP contribution in [-0.2, 0) is 0 Å². The molecule has 12 heavy (non-hydrogen) atoms. The Morgan fingerprint density at radius 2 is 1.83 bits per heavy atom. The number of hydrogen-bond donors (Lipinski definition) is 5. The molecule has 5 nitrogen and oxygen atoms in total. The van der Waals surface area contributed by atoms with Crippen molar-refractivity contribution >= 4 is 0 Å². The van der Waals surface area contributed by atoms with Gasteiger partial charge in [-0.25, -0.2) is 0 Å².